The van der Waals surface area contributed by atoms with E-state index in [1.54, 1.807) is 0 Å². The van der Waals surface area contributed by atoms with Crippen LogP contribution >= 0.6 is 0 Å². The highest BCUT2D eigenvalue weighted by molar-refractivity contribution is 5.75. The number of para-hydroxylation sites is 1. The summed E-state index contributed by atoms with van der Waals surface area (Å²) in [7, 11) is 0. The first-order chi connectivity index (χ1) is 8.60. The largest absolute Gasteiger partial charge is 0.370 e. The fraction of sp³-hybridized carbons (Fsp3) is 0.562. The molecule has 1 aromatic carbocycles. The molecule has 0 unspecified atom stereocenters. The van der Waals surface area contributed by atoms with Gasteiger partial charge in [-0.1, -0.05) is 32.9 Å². The van der Waals surface area contributed by atoms with E-state index in [0.29, 0.717) is 5.92 Å². The van der Waals surface area contributed by atoms with Gasteiger partial charge in [-0.2, -0.15) is 0 Å². The summed E-state index contributed by atoms with van der Waals surface area (Å²) >= 11 is 0. The van der Waals surface area contributed by atoms with Crippen molar-refractivity contribution in [3.8, 4) is 0 Å². The van der Waals surface area contributed by atoms with Crippen molar-refractivity contribution in [1.82, 2.24) is 0 Å². The van der Waals surface area contributed by atoms with Gasteiger partial charge in [0.2, 0.25) is 0 Å². The van der Waals surface area contributed by atoms with Gasteiger partial charge < -0.3 is 4.90 Å². The minimum atomic E-state index is 0.663. The van der Waals surface area contributed by atoms with Gasteiger partial charge >= 0.3 is 0 Å². The van der Waals surface area contributed by atoms with Crippen molar-refractivity contribution >= 4 is 17.6 Å². The van der Waals surface area contributed by atoms with Crippen molar-refractivity contribution in [3.05, 3.63) is 23.8 Å². The SMILES string of the molecule is CC=Nc1c(C)cccc1N(CCC)CC(C)C. The van der Waals surface area contributed by atoms with Gasteiger partial charge in [0.15, 0.2) is 0 Å². The summed E-state index contributed by atoms with van der Waals surface area (Å²) in [5.74, 6) is 0.663. The predicted octanol–water partition coefficient (Wildman–Crippen LogP) is 4.59. The Balaban J connectivity index is 3.13. The second kappa shape index (κ2) is 7.20. The molecular formula is C16H26N2. The summed E-state index contributed by atoms with van der Waals surface area (Å²) in [5, 5.41) is 0. The first-order valence-electron chi connectivity index (χ1n) is 6.93. The highest BCUT2D eigenvalue weighted by Gasteiger charge is 2.12. The first-order valence-corrected chi connectivity index (χ1v) is 6.93. The molecular weight excluding hydrogens is 220 g/mol. The maximum atomic E-state index is 4.55. The lowest BCUT2D eigenvalue weighted by Crippen LogP contribution is -2.28. The van der Waals surface area contributed by atoms with Crippen LogP contribution in [0.15, 0.2) is 23.2 Å². The Bertz CT molecular complexity index is 394. The molecule has 18 heavy (non-hydrogen) atoms. The van der Waals surface area contributed by atoms with Crippen LogP contribution in [0.3, 0.4) is 0 Å². The Labute approximate surface area is 112 Å². The lowest BCUT2D eigenvalue weighted by molar-refractivity contribution is 0.606. The Morgan fingerprint density at radius 3 is 2.61 bits per heavy atom. The normalized spacial score (nSPS) is 11.4. The van der Waals surface area contributed by atoms with Gasteiger partial charge in [0, 0.05) is 19.3 Å². The van der Waals surface area contributed by atoms with Gasteiger partial charge in [-0.3, -0.25) is 4.99 Å². The van der Waals surface area contributed by atoms with E-state index in [2.05, 4.69) is 55.8 Å². The van der Waals surface area contributed by atoms with Crippen molar-refractivity contribution < 1.29 is 0 Å². The summed E-state index contributed by atoms with van der Waals surface area (Å²) < 4.78 is 0. The molecule has 0 saturated heterocycles. The van der Waals surface area contributed by atoms with Crippen molar-refractivity contribution in [1.29, 1.82) is 0 Å². The van der Waals surface area contributed by atoms with E-state index in [1.165, 1.54) is 11.3 Å². The molecule has 0 spiro atoms. The molecule has 0 aromatic heterocycles. The van der Waals surface area contributed by atoms with E-state index in [-0.39, 0.29) is 0 Å². The molecule has 0 N–H and O–H groups in total. The highest BCUT2D eigenvalue weighted by Crippen LogP contribution is 2.32. The zero-order valence-electron chi connectivity index (χ0n) is 12.4. The van der Waals surface area contributed by atoms with Crippen LogP contribution < -0.4 is 4.90 Å². The molecule has 1 rings (SSSR count). The Morgan fingerprint density at radius 1 is 1.33 bits per heavy atom. The third kappa shape index (κ3) is 3.86. The second-order valence-corrected chi connectivity index (χ2v) is 5.17. The molecule has 0 saturated carbocycles. The number of anilines is 1. The lowest BCUT2D eigenvalue weighted by Gasteiger charge is -2.28. The van der Waals surface area contributed by atoms with E-state index in [1.807, 2.05) is 13.1 Å². The summed E-state index contributed by atoms with van der Waals surface area (Å²) in [6.45, 7) is 13.0. The number of aliphatic imine (C=N–C) groups is 1. The topological polar surface area (TPSA) is 15.6 Å². The van der Waals surface area contributed by atoms with Gasteiger partial charge in [0.05, 0.1) is 11.4 Å². The standard InChI is InChI=1S/C16H26N2/c1-6-11-18(12-13(3)4)15-10-8-9-14(5)16(15)17-7-2/h7-10,13H,6,11-12H2,1-5H3. The van der Waals surface area contributed by atoms with Gasteiger partial charge in [-0.15, -0.1) is 0 Å². The zero-order valence-corrected chi connectivity index (χ0v) is 12.4. The molecule has 2 nitrogen and oxygen atoms in total. The number of aryl methyl sites for hydroxylation is 1. The second-order valence-electron chi connectivity index (χ2n) is 5.17. The number of rotatable bonds is 6. The van der Waals surface area contributed by atoms with Crippen LogP contribution in [0, 0.1) is 12.8 Å². The molecule has 0 bridgehead atoms. The molecule has 0 aliphatic heterocycles. The summed E-state index contributed by atoms with van der Waals surface area (Å²) in [6, 6.07) is 6.45. The van der Waals surface area contributed by atoms with E-state index in [9.17, 15) is 0 Å². The van der Waals surface area contributed by atoms with Crippen LogP contribution in [-0.4, -0.2) is 19.3 Å². The molecule has 0 amide bonds. The third-order valence-electron chi connectivity index (χ3n) is 2.89. The summed E-state index contributed by atoms with van der Waals surface area (Å²) in [6.07, 6.45) is 3.04. The lowest BCUT2D eigenvalue weighted by atomic mass is 10.1. The smallest absolute Gasteiger partial charge is 0.0888 e. The first kappa shape index (κ1) is 14.7. The van der Waals surface area contributed by atoms with Crippen LogP contribution in [-0.2, 0) is 0 Å². The molecule has 0 aliphatic rings. The molecule has 0 radical (unpaired) electrons. The number of nitrogens with zero attached hydrogens (tertiary/aromatic N) is 2. The minimum Gasteiger partial charge on any atom is -0.370 e. The monoisotopic (exact) mass is 246 g/mol. The summed E-state index contributed by atoms with van der Waals surface area (Å²) in [4.78, 5) is 7.01. The molecule has 0 atom stereocenters. The van der Waals surface area contributed by atoms with Crippen LogP contribution in [0.2, 0.25) is 0 Å². The van der Waals surface area contributed by atoms with Gasteiger partial charge in [-0.05, 0) is 37.8 Å². The van der Waals surface area contributed by atoms with Crippen LogP contribution in [0.4, 0.5) is 11.4 Å². The molecule has 1 aromatic rings. The Kier molecular flexibility index (Phi) is 5.90. The van der Waals surface area contributed by atoms with Crippen LogP contribution in [0.25, 0.3) is 0 Å². The van der Waals surface area contributed by atoms with Crippen molar-refractivity contribution in [2.24, 2.45) is 10.9 Å². The van der Waals surface area contributed by atoms with Crippen molar-refractivity contribution in [3.63, 3.8) is 0 Å². The van der Waals surface area contributed by atoms with E-state index in [4.69, 9.17) is 0 Å². The highest BCUT2D eigenvalue weighted by atomic mass is 15.1. The number of hydrogen-bond acceptors (Lipinski definition) is 2. The zero-order chi connectivity index (χ0) is 13.5. The molecule has 2 heteroatoms. The van der Waals surface area contributed by atoms with Crippen molar-refractivity contribution in [2.45, 2.75) is 41.0 Å². The minimum absolute atomic E-state index is 0.663. The maximum absolute atomic E-state index is 4.55. The Morgan fingerprint density at radius 2 is 2.06 bits per heavy atom. The molecule has 0 heterocycles. The van der Waals surface area contributed by atoms with Gasteiger partial charge in [0.1, 0.15) is 0 Å². The molecule has 0 aliphatic carbocycles. The third-order valence-corrected chi connectivity index (χ3v) is 2.89. The van der Waals surface area contributed by atoms with Gasteiger partial charge in [0.25, 0.3) is 0 Å². The van der Waals surface area contributed by atoms with Crippen LogP contribution in [0.1, 0.15) is 39.7 Å². The average Bonchev–Trinajstić information content (AvgIpc) is 2.31. The summed E-state index contributed by atoms with van der Waals surface area (Å²) in [5.41, 5.74) is 3.63. The number of benzene rings is 1. The number of hydrogen-bond donors (Lipinski definition) is 0. The fourth-order valence-corrected chi connectivity index (χ4v) is 2.22. The predicted molar refractivity (Wildman–Crippen MR) is 82.3 cm³/mol. The quantitative estimate of drug-likeness (QED) is 0.670. The average molecular weight is 246 g/mol. The maximum Gasteiger partial charge on any atom is 0.0888 e. The van der Waals surface area contributed by atoms with Crippen molar-refractivity contribution in [2.75, 3.05) is 18.0 Å². The fourth-order valence-electron chi connectivity index (χ4n) is 2.22. The van der Waals surface area contributed by atoms with E-state index >= 15 is 0 Å². The van der Waals surface area contributed by atoms with Crippen LogP contribution in [0.5, 0.6) is 0 Å². The van der Waals surface area contributed by atoms with E-state index in [0.717, 1.165) is 25.2 Å². The molecule has 100 valence electrons. The van der Waals surface area contributed by atoms with Gasteiger partial charge in [-0.25, -0.2) is 0 Å². The Hall–Kier alpha value is -1.31. The van der Waals surface area contributed by atoms with E-state index < -0.39 is 0 Å². The molecule has 0 fully saturated rings.